The van der Waals surface area contributed by atoms with E-state index in [4.69, 9.17) is 5.11 Å². The molecule has 0 saturated heterocycles. The highest BCUT2D eigenvalue weighted by Crippen LogP contribution is 2.34. The lowest BCUT2D eigenvalue weighted by molar-refractivity contribution is 0.0698. The Balaban J connectivity index is 2.56. The maximum atomic E-state index is 12.3. The summed E-state index contributed by atoms with van der Waals surface area (Å²) in [5.74, 6) is -1.27. The van der Waals surface area contributed by atoms with Gasteiger partial charge in [0, 0.05) is 23.2 Å². The lowest BCUT2D eigenvalue weighted by atomic mass is 10.2. The number of rotatable bonds is 6. The summed E-state index contributed by atoms with van der Waals surface area (Å²) in [5.41, 5.74) is 0. The zero-order valence-corrected chi connectivity index (χ0v) is 12.0. The van der Waals surface area contributed by atoms with E-state index in [9.17, 15) is 18.3 Å². The Morgan fingerprint density at radius 2 is 2.00 bits per heavy atom. The molecule has 0 aliphatic rings. The van der Waals surface area contributed by atoms with Gasteiger partial charge < -0.3 is 10.2 Å². The van der Waals surface area contributed by atoms with Crippen LogP contribution in [0.3, 0.4) is 0 Å². The van der Waals surface area contributed by atoms with Gasteiger partial charge in [-0.05, 0) is 12.5 Å². The summed E-state index contributed by atoms with van der Waals surface area (Å²) in [7, 11) is -3.92. The van der Waals surface area contributed by atoms with Gasteiger partial charge >= 0.3 is 5.97 Å². The van der Waals surface area contributed by atoms with E-state index < -0.39 is 16.0 Å². The van der Waals surface area contributed by atoms with Crippen LogP contribution in [0.1, 0.15) is 16.1 Å². The quantitative estimate of drug-likeness (QED) is 0.696. The molecule has 6 nitrogen and oxygen atoms in total. The highest BCUT2D eigenvalue weighted by molar-refractivity contribution is 7.90. The first kappa shape index (κ1) is 14.9. The molecule has 1 aromatic heterocycles. The van der Waals surface area contributed by atoms with Crippen molar-refractivity contribution in [2.75, 3.05) is 13.2 Å². The van der Waals surface area contributed by atoms with Crippen molar-refractivity contribution in [3.8, 4) is 0 Å². The van der Waals surface area contributed by atoms with Gasteiger partial charge in [0.05, 0.1) is 0 Å². The van der Waals surface area contributed by atoms with Crippen molar-refractivity contribution in [2.45, 2.75) is 11.3 Å². The van der Waals surface area contributed by atoms with Gasteiger partial charge in [-0.25, -0.2) is 17.9 Å². The number of nitrogens with one attached hydrogen (secondary N) is 1. The number of aliphatic hydroxyl groups is 1. The monoisotopic (exact) mass is 315 g/mol. The SMILES string of the molecule is O=C(O)c1sc2ccccc2c1S(=O)(=O)NCCCO. The average molecular weight is 315 g/mol. The predicted octanol–water partition coefficient (Wildman–Crippen LogP) is 1.26. The van der Waals surface area contributed by atoms with Crippen molar-refractivity contribution in [2.24, 2.45) is 0 Å². The van der Waals surface area contributed by atoms with Gasteiger partial charge in [-0.2, -0.15) is 0 Å². The standard InChI is InChI=1S/C12H13NO5S2/c14-7-3-6-13-20(17,18)11-8-4-1-2-5-9(8)19-10(11)12(15)16/h1-2,4-5,13-14H,3,6-7H2,(H,15,16). The number of aliphatic hydroxyl groups excluding tert-OH is 1. The summed E-state index contributed by atoms with van der Waals surface area (Å²) in [6, 6.07) is 6.64. The smallest absolute Gasteiger partial charge is 0.347 e. The van der Waals surface area contributed by atoms with E-state index in [-0.39, 0.29) is 29.3 Å². The van der Waals surface area contributed by atoms with Crippen LogP contribution < -0.4 is 4.72 Å². The van der Waals surface area contributed by atoms with Crippen LogP contribution in [0.4, 0.5) is 0 Å². The van der Waals surface area contributed by atoms with Crippen LogP contribution in [0.15, 0.2) is 29.2 Å². The molecular formula is C12H13NO5S2. The number of carboxylic acids is 1. The minimum atomic E-state index is -3.92. The van der Waals surface area contributed by atoms with Crippen molar-refractivity contribution in [3.63, 3.8) is 0 Å². The molecule has 8 heteroatoms. The average Bonchev–Trinajstić information content (AvgIpc) is 2.79. The molecule has 0 aliphatic carbocycles. The number of carboxylic acid groups (broad SMARTS) is 1. The second-order valence-corrected chi connectivity index (χ2v) is 6.79. The number of thiophene rings is 1. The summed E-state index contributed by atoms with van der Waals surface area (Å²) in [4.78, 5) is 10.8. The minimum absolute atomic E-state index is 0.0576. The molecule has 1 heterocycles. The van der Waals surface area contributed by atoms with Crippen LogP contribution in [-0.4, -0.2) is 37.8 Å². The molecule has 0 atom stereocenters. The van der Waals surface area contributed by atoms with Crippen molar-refractivity contribution >= 4 is 37.4 Å². The molecule has 3 N–H and O–H groups in total. The second kappa shape index (κ2) is 5.88. The van der Waals surface area contributed by atoms with Gasteiger partial charge in [-0.15, -0.1) is 11.3 Å². The number of sulfonamides is 1. The Labute approximate surface area is 119 Å². The maximum absolute atomic E-state index is 12.3. The van der Waals surface area contributed by atoms with Crippen LogP contribution in [-0.2, 0) is 10.0 Å². The van der Waals surface area contributed by atoms with Crippen LogP contribution in [0.5, 0.6) is 0 Å². The zero-order valence-electron chi connectivity index (χ0n) is 10.4. The first-order chi connectivity index (χ1) is 9.47. The molecule has 0 bridgehead atoms. The third-order valence-electron chi connectivity index (χ3n) is 2.64. The fourth-order valence-corrected chi connectivity index (χ4v) is 4.60. The molecule has 0 aliphatic heterocycles. The van der Waals surface area contributed by atoms with Crippen LogP contribution in [0.2, 0.25) is 0 Å². The normalized spacial score (nSPS) is 11.8. The van der Waals surface area contributed by atoms with E-state index in [1.807, 2.05) is 0 Å². The number of carbonyl (C=O) groups is 1. The van der Waals surface area contributed by atoms with E-state index in [1.54, 1.807) is 24.3 Å². The summed E-state index contributed by atoms with van der Waals surface area (Å²) in [6.45, 7) is -0.0826. The summed E-state index contributed by atoms with van der Waals surface area (Å²) < 4.78 is 27.4. The Morgan fingerprint density at radius 1 is 1.30 bits per heavy atom. The minimum Gasteiger partial charge on any atom is -0.477 e. The number of hydrogen-bond donors (Lipinski definition) is 3. The van der Waals surface area contributed by atoms with Crippen molar-refractivity contribution in [1.82, 2.24) is 4.72 Å². The summed E-state index contributed by atoms with van der Waals surface area (Å²) in [5, 5.41) is 18.3. The van der Waals surface area contributed by atoms with Crippen LogP contribution in [0, 0.1) is 0 Å². The summed E-state index contributed by atoms with van der Waals surface area (Å²) in [6.07, 6.45) is 0.268. The van der Waals surface area contributed by atoms with Crippen molar-refractivity contribution in [3.05, 3.63) is 29.1 Å². The molecule has 0 saturated carbocycles. The number of fused-ring (bicyclic) bond motifs is 1. The Morgan fingerprint density at radius 3 is 2.65 bits per heavy atom. The number of aromatic carboxylic acids is 1. The van der Waals surface area contributed by atoms with Crippen LogP contribution >= 0.6 is 11.3 Å². The van der Waals surface area contributed by atoms with Gasteiger partial charge in [-0.1, -0.05) is 18.2 Å². The van der Waals surface area contributed by atoms with Gasteiger partial charge in [0.25, 0.3) is 0 Å². The molecule has 20 heavy (non-hydrogen) atoms. The fourth-order valence-electron chi connectivity index (χ4n) is 1.79. The highest BCUT2D eigenvalue weighted by Gasteiger charge is 2.27. The molecule has 0 fully saturated rings. The Bertz CT molecular complexity index is 735. The van der Waals surface area contributed by atoms with Crippen molar-refractivity contribution < 1.29 is 23.4 Å². The topological polar surface area (TPSA) is 104 Å². The molecule has 2 rings (SSSR count). The van der Waals surface area contributed by atoms with E-state index >= 15 is 0 Å². The van der Waals surface area contributed by atoms with E-state index in [2.05, 4.69) is 4.72 Å². The first-order valence-electron chi connectivity index (χ1n) is 5.82. The van der Waals surface area contributed by atoms with Gasteiger partial charge in [0.1, 0.15) is 9.77 Å². The molecule has 0 unspecified atom stereocenters. The molecule has 0 radical (unpaired) electrons. The molecular weight excluding hydrogens is 302 g/mol. The predicted molar refractivity (Wildman–Crippen MR) is 75.7 cm³/mol. The molecule has 0 spiro atoms. The second-order valence-electron chi connectivity index (χ2n) is 4.04. The third-order valence-corrected chi connectivity index (χ3v) is 5.47. The number of hydrogen-bond acceptors (Lipinski definition) is 5. The largest absolute Gasteiger partial charge is 0.477 e. The lowest BCUT2D eigenvalue weighted by Gasteiger charge is -2.06. The fraction of sp³-hybridized carbons (Fsp3) is 0.250. The first-order valence-corrected chi connectivity index (χ1v) is 8.12. The van der Waals surface area contributed by atoms with Gasteiger partial charge in [0.2, 0.25) is 10.0 Å². The van der Waals surface area contributed by atoms with E-state index in [0.717, 1.165) is 11.3 Å². The molecule has 0 amide bonds. The van der Waals surface area contributed by atoms with Gasteiger partial charge in [-0.3, -0.25) is 0 Å². The third kappa shape index (κ3) is 2.83. The van der Waals surface area contributed by atoms with Crippen molar-refractivity contribution in [1.29, 1.82) is 0 Å². The Hall–Kier alpha value is -1.48. The molecule has 2 aromatic rings. The Kier molecular flexibility index (Phi) is 4.39. The zero-order chi connectivity index (χ0) is 14.8. The van der Waals surface area contributed by atoms with Gasteiger partial charge in [0.15, 0.2) is 0 Å². The lowest BCUT2D eigenvalue weighted by Crippen LogP contribution is -2.26. The number of benzene rings is 1. The highest BCUT2D eigenvalue weighted by atomic mass is 32.2. The van der Waals surface area contributed by atoms with E-state index in [0.29, 0.717) is 10.1 Å². The summed E-state index contributed by atoms with van der Waals surface area (Å²) >= 11 is 0.930. The molecule has 108 valence electrons. The molecule has 1 aromatic carbocycles. The maximum Gasteiger partial charge on any atom is 0.347 e. The van der Waals surface area contributed by atoms with Crippen LogP contribution in [0.25, 0.3) is 10.1 Å². The van der Waals surface area contributed by atoms with E-state index in [1.165, 1.54) is 0 Å².